The third-order valence-electron chi connectivity index (χ3n) is 2.98. The lowest BCUT2D eigenvalue weighted by atomic mass is 10.0. The minimum absolute atomic E-state index is 0.0929. The van der Waals surface area contributed by atoms with E-state index in [1.807, 2.05) is 0 Å². The van der Waals surface area contributed by atoms with Gasteiger partial charge in [0.1, 0.15) is 17.8 Å². The van der Waals surface area contributed by atoms with Crippen molar-refractivity contribution in [2.24, 2.45) is 5.73 Å². The molecule has 1 aromatic rings. The van der Waals surface area contributed by atoms with Crippen molar-refractivity contribution in [2.45, 2.75) is 38.6 Å². The average Bonchev–Trinajstić information content (AvgIpc) is 2.49. The average molecular weight is 324 g/mol. The Balaban J connectivity index is 2.58. The number of ether oxygens (including phenoxy) is 1. The topological polar surface area (TPSA) is 122 Å². The summed E-state index contributed by atoms with van der Waals surface area (Å²) in [5, 5.41) is 22.4. The molecule has 2 atom stereocenters. The fourth-order valence-electron chi connectivity index (χ4n) is 1.82. The van der Waals surface area contributed by atoms with Crippen LogP contribution in [0, 0.1) is 0 Å². The van der Waals surface area contributed by atoms with Crippen molar-refractivity contribution in [1.82, 2.24) is 5.32 Å². The van der Waals surface area contributed by atoms with Crippen LogP contribution >= 0.6 is 0 Å². The number of nitrogens with two attached hydrogens (primary N) is 1. The maximum atomic E-state index is 11.5. The van der Waals surface area contributed by atoms with Crippen LogP contribution in [0.4, 0.5) is 4.79 Å². The molecule has 1 amide bonds. The van der Waals surface area contributed by atoms with Crippen LogP contribution in [0.25, 0.3) is 0 Å². The number of rotatable bonds is 6. The maximum absolute atomic E-state index is 11.5. The van der Waals surface area contributed by atoms with Crippen LogP contribution in [-0.4, -0.2) is 46.9 Å². The number of Topliss-reactive ketones (excluding diaryl/α,β-unsaturated/α-hetero) is 1. The van der Waals surface area contributed by atoms with Gasteiger partial charge in [-0.15, -0.1) is 0 Å². The van der Waals surface area contributed by atoms with Gasteiger partial charge in [-0.05, 0) is 26.3 Å². The molecule has 1 aromatic carbocycles. The number of ketones is 1. The molecule has 0 radical (unpaired) electrons. The Morgan fingerprint density at radius 1 is 1.22 bits per heavy atom. The van der Waals surface area contributed by atoms with Crippen molar-refractivity contribution in [2.75, 3.05) is 13.1 Å². The summed E-state index contributed by atoms with van der Waals surface area (Å²) in [6.45, 7) is 4.91. The van der Waals surface area contributed by atoms with E-state index in [4.69, 9.17) is 10.5 Å². The second-order valence-electron chi connectivity index (χ2n) is 6.14. The predicted octanol–water partition coefficient (Wildman–Crippen LogP) is 0.747. The van der Waals surface area contributed by atoms with Gasteiger partial charge in [-0.1, -0.05) is 24.3 Å². The van der Waals surface area contributed by atoms with E-state index in [1.165, 1.54) is 24.3 Å². The molecule has 0 saturated heterocycles. The lowest BCUT2D eigenvalue weighted by Gasteiger charge is -2.22. The lowest BCUT2D eigenvalue weighted by molar-refractivity contribution is 0.0129. The van der Waals surface area contributed by atoms with Gasteiger partial charge in [-0.2, -0.15) is 0 Å². The maximum Gasteiger partial charge on any atom is 0.407 e. The summed E-state index contributed by atoms with van der Waals surface area (Å²) >= 11 is 0. The van der Waals surface area contributed by atoms with Gasteiger partial charge in [0.05, 0.1) is 6.54 Å². The summed E-state index contributed by atoms with van der Waals surface area (Å²) in [5.74, 6) is -0.210. The molecule has 0 spiro atoms. The highest BCUT2D eigenvalue weighted by Gasteiger charge is 2.21. The van der Waals surface area contributed by atoms with Crippen molar-refractivity contribution >= 4 is 11.9 Å². The first-order valence-electron chi connectivity index (χ1n) is 7.30. The number of nitrogens with one attached hydrogen (secondary N) is 1. The molecule has 0 aliphatic carbocycles. The van der Waals surface area contributed by atoms with E-state index in [1.54, 1.807) is 20.8 Å². The smallest absolute Gasteiger partial charge is 0.407 e. The molecule has 1 rings (SSSR count). The molecule has 0 aromatic heterocycles. The van der Waals surface area contributed by atoms with Crippen LogP contribution in [0.15, 0.2) is 24.3 Å². The summed E-state index contributed by atoms with van der Waals surface area (Å²) in [4.78, 5) is 22.9. The molecule has 2 unspecified atom stereocenters. The number of hydrogen-bond donors (Lipinski definition) is 4. The normalized spacial score (nSPS) is 14.0. The number of carbonyl (C=O) groups excluding carboxylic acids is 2. The number of carbonyl (C=O) groups is 2. The Labute approximate surface area is 135 Å². The number of aliphatic hydroxyl groups excluding tert-OH is 2. The standard InChI is InChI=1S/C16H24N2O5/c1-16(2,3)23-15(22)18-9-13(20)14(21)11-6-4-10(5-7-11)12(19)8-17/h4-7,13-14,20-21H,8-9,17H2,1-3H3,(H,18,22). The Morgan fingerprint density at radius 3 is 2.26 bits per heavy atom. The quantitative estimate of drug-likeness (QED) is 0.573. The first-order chi connectivity index (χ1) is 10.6. The Kier molecular flexibility index (Phi) is 6.68. The van der Waals surface area contributed by atoms with E-state index in [-0.39, 0.29) is 18.9 Å². The molecule has 7 heteroatoms. The van der Waals surface area contributed by atoms with Gasteiger partial charge in [0.25, 0.3) is 0 Å². The second-order valence-corrected chi connectivity index (χ2v) is 6.14. The molecule has 7 nitrogen and oxygen atoms in total. The highest BCUT2D eigenvalue weighted by atomic mass is 16.6. The Morgan fingerprint density at radius 2 is 1.78 bits per heavy atom. The van der Waals surface area contributed by atoms with Crippen molar-refractivity contribution in [3.63, 3.8) is 0 Å². The minimum atomic E-state index is -1.21. The van der Waals surface area contributed by atoms with Crippen LogP contribution in [0.2, 0.25) is 0 Å². The molecule has 0 aliphatic rings. The van der Waals surface area contributed by atoms with Crippen LogP contribution < -0.4 is 11.1 Å². The lowest BCUT2D eigenvalue weighted by Crippen LogP contribution is -2.38. The summed E-state index contributed by atoms with van der Waals surface area (Å²) in [5.41, 5.74) is 5.49. The van der Waals surface area contributed by atoms with E-state index in [0.29, 0.717) is 11.1 Å². The van der Waals surface area contributed by atoms with Crippen LogP contribution in [0.5, 0.6) is 0 Å². The van der Waals surface area contributed by atoms with Gasteiger partial charge in [0, 0.05) is 12.1 Å². The van der Waals surface area contributed by atoms with E-state index in [0.717, 1.165) is 0 Å². The summed E-state index contributed by atoms with van der Waals surface area (Å²) < 4.78 is 5.04. The fraction of sp³-hybridized carbons (Fsp3) is 0.500. The third kappa shape index (κ3) is 6.35. The van der Waals surface area contributed by atoms with E-state index >= 15 is 0 Å². The molecular formula is C16H24N2O5. The fourth-order valence-corrected chi connectivity index (χ4v) is 1.82. The van der Waals surface area contributed by atoms with E-state index in [2.05, 4.69) is 5.32 Å². The molecule has 0 heterocycles. The van der Waals surface area contributed by atoms with Crippen molar-refractivity contribution in [1.29, 1.82) is 0 Å². The first kappa shape index (κ1) is 19.1. The molecule has 128 valence electrons. The van der Waals surface area contributed by atoms with Crippen LogP contribution in [0.3, 0.4) is 0 Å². The van der Waals surface area contributed by atoms with Gasteiger partial charge in [-0.3, -0.25) is 4.79 Å². The molecule has 5 N–H and O–H groups in total. The van der Waals surface area contributed by atoms with Crippen molar-refractivity contribution < 1.29 is 24.5 Å². The van der Waals surface area contributed by atoms with Crippen molar-refractivity contribution in [3.05, 3.63) is 35.4 Å². The zero-order valence-electron chi connectivity index (χ0n) is 13.6. The first-order valence-corrected chi connectivity index (χ1v) is 7.30. The Hall–Kier alpha value is -1.96. The second kappa shape index (κ2) is 8.05. The van der Waals surface area contributed by atoms with Gasteiger partial charge in [0.2, 0.25) is 0 Å². The van der Waals surface area contributed by atoms with Gasteiger partial charge in [-0.25, -0.2) is 4.79 Å². The SMILES string of the molecule is CC(C)(C)OC(=O)NCC(O)C(O)c1ccc(C(=O)CN)cc1. The molecule has 0 bridgehead atoms. The van der Waals surface area contributed by atoms with Crippen LogP contribution in [0.1, 0.15) is 42.8 Å². The predicted molar refractivity (Wildman–Crippen MR) is 85.0 cm³/mol. The number of alkyl carbamates (subject to hydrolysis) is 1. The number of amides is 1. The zero-order valence-corrected chi connectivity index (χ0v) is 13.6. The highest BCUT2D eigenvalue weighted by Crippen LogP contribution is 2.17. The molecule has 0 aliphatic heterocycles. The summed E-state index contributed by atoms with van der Waals surface area (Å²) in [6, 6.07) is 6.12. The van der Waals surface area contributed by atoms with Crippen LogP contribution in [-0.2, 0) is 4.74 Å². The summed E-state index contributed by atoms with van der Waals surface area (Å²) in [6.07, 6.45) is -3.09. The monoisotopic (exact) mass is 324 g/mol. The van der Waals surface area contributed by atoms with E-state index < -0.39 is 23.9 Å². The molecule has 0 fully saturated rings. The molecule has 0 saturated carbocycles. The largest absolute Gasteiger partial charge is 0.444 e. The van der Waals surface area contributed by atoms with Crippen molar-refractivity contribution in [3.8, 4) is 0 Å². The minimum Gasteiger partial charge on any atom is -0.444 e. The zero-order chi connectivity index (χ0) is 17.6. The van der Waals surface area contributed by atoms with E-state index in [9.17, 15) is 19.8 Å². The number of hydrogen-bond acceptors (Lipinski definition) is 6. The third-order valence-corrected chi connectivity index (χ3v) is 2.98. The van der Waals surface area contributed by atoms with Gasteiger partial charge >= 0.3 is 6.09 Å². The van der Waals surface area contributed by atoms with Gasteiger partial charge in [0.15, 0.2) is 5.78 Å². The molecule has 23 heavy (non-hydrogen) atoms. The molecular weight excluding hydrogens is 300 g/mol. The summed E-state index contributed by atoms with van der Waals surface area (Å²) in [7, 11) is 0. The number of benzene rings is 1. The van der Waals surface area contributed by atoms with Gasteiger partial charge < -0.3 is 26.0 Å². The highest BCUT2D eigenvalue weighted by molar-refractivity contribution is 5.97. The number of aliphatic hydroxyl groups is 2. The Bertz CT molecular complexity index is 536.